The summed E-state index contributed by atoms with van der Waals surface area (Å²) in [6.45, 7) is 5.00. The molecule has 5 heteroatoms. The van der Waals surface area contributed by atoms with E-state index in [9.17, 15) is 0 Å². The smallest absolute Gasteiger partial charge is 0.161 e. The normalized spacial score (nSPS) is 15.2. The summed E-state index contributed by atoms with van der Waals surface area (Å²) < 4.78 is 0. The first kappa shape index (κ1) is 16.6. The van der Waals surface area contributed by atoms with E-state index >= 15 is 0 Å². The lowest BCUT2D eigenvalue weighted by atomic mass is 9.95. The van der Waals surface area contributed by atoms with Crippen LogP contribution in [0.15, 0.2) is 30.6 Å². The number of nitrogens with two attached hydrogens (primary N) is 1. The van der Waals surface area contributed by atoms with E-state index in [-0.39, 0.29) is 0 Å². The van der Waals surface area contributed by atoms with Crippen molar-refractivity contribution in [1.82, 2.24) is 9.97 Å². The number of hydrogen-bond donors (Lipinski definition) is 2. The standard InChI is InChI=1S/C19H27N5/c1-3-24(16-11-7-8-14(2)12-16)19-17(20)18(21-13-22-19)23-15-9-5-4-6-10-15/h7-8,11-13,15H,3-6,9-10,20H2,1-2H3,(H,21,22,23). The van der Waals surface area contributed by atoms with Gasteiger partial charge in [0.05, 0.1) is 0 Å². The summed E-state index contributed by atoms with van der Waals surface area (Å²) in [5.74, 6) is 1.54. The molecule has 0 aliphatic heterocycles. The van der Waals surface area contributed by atoms with Crippen LogP contribution in [0.3, 0.4) is 0 Å². The summed E-state index contributed by atoms with van der Waals surface area (Å²) in [6.07, 6.45) is 7.87. The van der Waals surface area contributed by atoms with Crippen molar-refractivity contribution in [3.05, 3.63) is 36.2 Å². The molecule has 1 aliphatic carbocycles. The summed E-state index contributed by atoms with van der Waals surface area (Å²) in [5, 5.41) is 3.53. The first-order valence-corrected chi connectivity index (χ1v) is 8.90. The van der Waals surface area contributed by atoms with Crippen LogP contribution in [0.25, 0.3) is 0 Å². The van der Waals surface area contributed by atoms with Crippen LogP contribution >= 0.6 is 0 Å². The minimum absolute atomic E-state index is 0.470. The molecule has 1 heterocycles. The third-order valence-electron chi connectivity index (χ3n) is 4.69. The van der Waals surface area contributed by atoms with Crippen molar-refractivity contribution < 1.29 is 0 Å². The van der Waals surface area contributed by atoms with Gasteiger partial charge in [-0.15, -0.1) is 0 Å². The maximum absolute atomic E-state index is 6.42. The van der Waals surface area contributed by atoms with Gasteiger partial charge in [0.1, 0.15) is 12.0 Å². The van der Waals surface area contributed by atoms with Gasteiger partial charge >= 0.3 is 0 Å². The van der Waals surface area contributed by atoms with Gasteiger partial charge in [0.25, 0.3) is 0 Å². The van der Waals surface area contributed by atoms with Crippen molar-refractivity contribution in [3.63, 3.8) is 0 Å². The predicted molar refractivity (Wildman–Crippen MR) is 101 cm³/mol. The Morgan fingerprint density at radius 3 is 2.71 bits per heavy atom. The van der Waals surface area contributed by atoms with E-state index in [2.05, 4.69) is 58.3 Å². The average Bonchev–Trinajstić information content (AvgIpc) is 2.60. The van der Waals surface area contributed by atoms with Crippen molar-refractivity contribution in [1.29, 1.82) is 0 Å². The average molecular weight is 325 g/mol. The first-order valence-electron chi connectivity index (χ1n) is 8.90. The number of aryl methyl sites for hydroxylation is 1. The molecule has 0 atom stereocenters. The van der Waals surface area contributed by atoms with E-state index in [1.807, 2.05) is 0 Å². The van der Waals surface area contributed by atoms with Crippen LogP contribution in [0.4, 0.5) is 23.0 Å². The van der Waals surface area contributed by atoms with E-state index in [1.165, 1.54) is 37.7 Å². The van der Waals surface area contributed by atoms with Crippen molar-refractivity contribution in [3.8, 4) is 0 Å². The third-order valence-corrected chi connectivity index (χ3v) is 4.69. The van der Waals surface area contributed by atoms with E-state index in [0.29, 0.717) is 11.7 Å². The molecule has 1 fully saturated rings. The second-order valence-electron chi connectivity index (χ2n) is 6.52. The van der Waals surface area contributed by atoms with Gasteiger partial charge in [-0.3, -0.25) is 0 Å². The van der Waals surface area contributed by atoms with E-state index in [1.54, 1.807) is 6.33 Å². The molecule has 2 aromatic rings. The largest absolute Gasteiger partial charge is 0.393 e. The first-order chi connectivity index (χ1) is 11.7. The number of anilines is 4. The Balaban J connectivity index is 1.88. The van der Waals surface area contributed by atoms with Gasteiger partial charge in [-0.2, -0.15) is 0 Å². The number of aromatic nitrogens is 2. The summed E-state index contributed by atoms with van der Waals surface area (Å²) in [6, 6.07) is 8.87. The molecule has 3 N–H and O–H groups in total. The highest BCUT2D eigenvalue weighted by Crippen LogP contribution is 2.33. The zero-order chi connectivity index (χ0) is 16.9. The van der Waals surface area contributed by atoms with Crippen molar-refractivity contribution >= 4 is 23.0 Å². The van der Waals surface area contributed by atoms with Crippen LogP contribution in [0.2, 0.25) is 0 Å². The molecular formula is C19H27N5. The summed E-state index contributed by atoms with van der Waals surface area (Å²) in [4.78, 5) is 11.0. The van der Waals surface area contributed by atoms with Crippen molar-refractivity contribution in [2.45, 2.75) is 52.0 Å². The second-order valence-corrected chi connectivity index (χ2v) is 6.52. The molecule has 0 amide bonds. The third kappa shape index (κ3) is 3.61. The van der Waals surface area contributed by atoms with Gasteiger partial charge in [0.2, 0.25) is 0 Å². The van der Waals surface area contributed by atoms with E-state index < -0.39 is 0 Å². The summed E-state index contributed by atoms with van der Waals surface area (Å²) in [7, 11) is 0. The molecule has 0 bridgehead atoms. The van der Waals surface area contributed by atoms with Gasteiger partial charge in [0.15, 0.2) is 11.6 Å². The van der Waals surface area contributed by atoms with Gasteiger partial charge in [-0.25, -0.2) is 9.97 Å². The molecule has 24 heavy (non-hydrogen) atoms. The minimum Gasteiger partial charge on any atom is -0.393 e. The molecule has 0 saturated heterocycles. The number of nitrogens with one attached hydrogen (secondary N) is 1. The Labute approximate surface area is 144 Å². The Hall–Kier alpha value is -2.30. The zero-order valence-electron chi connectivity index (χ0n) is 14.6. The van der Waals surface area contributed by atoms with Crippen molar-refractivity contribution in [2.24, 2.45) is 0 Å². The lowest BCUT2D eigenvalue weighted by Crippen LogP contribution is -2.25. The molecular weight excluding hydrogens is 298 g/mol. The fraction of sp³-hybridized carbons (Fsp3) is 0.474. The van der Waals surface area contributed by atoms with Crippen LogP contribution in [-0.4, -0.2) is 22.6 Å². The Morgan fingerprint density at radius 2 is 2.00 bits per heavy atom. The van der Waals surface area contributed by atoms with Gasteiger partial charge in [0, 0.05) is 18.3 Å². The maximum atomic E-state index is 6.42. The lowest BCUT2D eigenvalue weighted by Gasteiger charge is -2.27. The number of hydrogen-bond acceptors (Lipinski definition) is 5. The summed E-state index contributed by atoms with van der Waals surface area (Å²) >= 11 is 0. The SMILES string of the molecule is CCN(c1cccc(C)c1)c1ncnc(NC2CCCCC2)c1N. The Bertz CT molecular complexity index is 679. The molecule has 5 nitrogen and oxygen atoms in total. The molecule has 1 aromatic heterocycles. The zero-order valence-corrected chi connectivity index (χ0v) is 14.6. The lowest BCUT2D eigenvalue weighted by molar-refractivity contribution is 0.462. The Kier molecular flexibility index (Phi) is 5.18. The summed E-state index contributed by atoms with van der Waals surface area (Å²) in [5.41, 5.74) is 9.38. The molecule has 0 spiro atoms. The van der Waals surface area contributed by atoms with Gasteiger partial charge in [-0.05, 0) is 44.4 Å². The fourth-order valence-corrected chi connectivity index (χ4v) is 3.41. The fourth-order valence-electron chi connectivity index (χ4n) is 3.41. The van der Waals surface area contributed by atoms with Crippen LogP contribution in [-0.2, 0) is 0 Å². The van der Waals surface area contributed by atoms with E-state index in [0.717, 1.165) is 23.9 Å². The minimum atomic E-state index is 0.470. The Morgan fingerprint density at radius 1 is 1.21 bits per heavy atom. The second kappa shape index (κ2) is 7.51. The molecule has 1 aliphatic rings. The molecule has 0 unspecified atom stereocenters. The molecule has 1 aromatic carbocycles. The predicted octanol–water partition coefficient (Wildman–Crippen LogP) is 4.27. The molecule has 1 saturated carbocycles. The highest BCUT2D eigenvalue weighted by molar-refractivity contribution is 5.79. The van der Waals surface area contributed by atoms with Crippen LogP contribution < -0.4 is 16.0 Å². The van der Waals surface area contributed by atoms with E-state index in [4.69, 9.17) is 5.73 Å². The molecule has 3 rings (SSSR count). The number of rotatable bonds is 5. The monoisotopic (exact) mass is 325 g/mol. The van der Waals surface area contributed by atoms with Crippen molar-refractivity contribution in [2.75, 3.05) is 22.5 Å². The van der Waals surface area contributed by atoms with Gasteiger partial charge in [-0.1, -0.05) is 31.4 Å². The highest BCUT2D eigenvalue weighted by Gasteiger charge is 2.19. The molecule has 128 valence electrons. The number of benzene rings is 1. The quantitative estimate of drug-likeness (QED) is 0.859. The van der Waals surface area contributed by atoms with Crippen LogP contribution in [0.5, 0.6) is 0 Å². The number of nitrogens with zero attached hydrogens (tertiary/aromatic N) is 3. The number of nitrogen functional groups attached to an aromatic ring is 1. The molecule has 0 radical (unpaired) electrons. The highest BCUT2D eigenvalue weighted by atomic mass is 15.2. The topological polar surface area (TPSA) is 67.1 Å². The maximum Gasteiger partial charge on any atom is 0.161 e. The van der Waals surface area contributed by atoms with Gasteiger partial charge < -0.3 is 16.0 Å². The van der Waals surface area contributed by atoms with Crippen LogP contribution in [0, 0.1) is 6.92 Å². The van der Waals surface area contributed by atoms with Crippen LogP contribution in [0.1, 0.15) is 44.6 Å².